The van der Waals surface area contributed by atoms with E-state index in [0.29, 0.717) is 22.8 Å². The van der Waals surface area contributed by atoms with Crippen molar-refractivity contribution in [2.75, 3.05) is 5.73 Å². The number of imidazole rings is 1. The van der Waals surface area contributed by atoms with E-state index in [0.717, 1.165) is 18.0 Å². The molecule has 0 radical (unpaired) electrons. The lowest BCUT2D eigenvalue weighted by molar-refractivity contribution is 0.324. The zero-order chi connectivity index (χ0) is 16.4. The molecular formula is C17H23N7. The van der Waals surface area contributed by atoms with Crippen LogP contribution < -0.4 is 5.73 Å². The van der Waals surface area contributed by atoms with Gasteiger partial charge in [0, 0.05) is 12.7 Å². The second-order valence-electron chi connectivity index (χ2n) is 6.67. The van der Waals surface area contributed by atoms with Crippen molar-refractivity contribution in [1.82, 2.24) is 29.7 Å². The fourth-order valence-electron chi connectivity index (χ4n) is 3.60. The third-order valence-electron chi connectivity index (χ3n) is 4.93. The van der Waals surface area contributed by atoms with E-state index >= 15 is 0 Å². The van der Waals surface area contributed by atoms with Crippen LogP contribution in [0, 0.1) is 5.92 Å². The minimum Gasteiger partial charge on any atom is -0.382 e. The predicted octanol–water partition coefficient (Wildman–Crippen LogP) is 3.16. The van der Waals surface area contributed by atoms with Crippen LogP contribution in [0.25, 0.3) is 22.6 Å². The number of nitrogens with one attached hydrogen (secondary N) is 1. The van der Waals surface area contributed by atoms with E-state index in [2.05, 4.69) is 25.0 Å². The number of aromatic nitrogens is 6. The van der Waals surface area contributed by atoms with Gasteiger partial charge in [0.25, 0.3) is 0 Å². The minimum atomic E-state index is 0.414. The number of nitrogens with zero attached hydrogens (tertiary/aromatic N) is 5. The van der Waals surface area contributed by atoms with Crippen LogP contribution >= 0.6 is 0 Å². The smallest absolute Gasteiger partial charge is 0.183 e. The molecule has 0 unspecified atom stereocenters. The molecule has 3 N–H and O–H groups in total. The van der Waals surface area contributed by atoms with Gasteiger partial charge in [0.15, 0.2) is 17.3 Å². The van der Waals surface area contributed by atoms with Crippen LogP contribution in [0.1, 0.15) is 44.9 Å². The quantitative estimate of drug-likeness (QED) is 0.751. The lowest BCUT2D eigenvalue weighted by Crippen LogP contribution is -2.08. The van der Waals surface area contributed by atoms with Gasteiger partial charge in [0.2, 0.25) is 0 Å². The fourth-order valence-corrected chi connectivity index (χ4v) is 3.60. The van der Waals surface area contributed by atoms with Crippen molar-refractivity contribution in [2.24, 2.45) is 5.92 Å². The molecule has 1 fully saturated rings. The van der Waals surface area contributed by atoms with Crippen LogP contribution in [0.3, 0.4) is 0 Å². The Bertz CT molecular complexity index is 813. The first-order valence-corrected chi connectivity index (χ1v) is 8.79. The Morgan fingerprint density at radius 3 is 2.96 bits per heavy atom. The first-order chi connectivity index (χ1) is 11.8. The van der Waals surface area contributed by atoms with Crippen molar-refractivity contribution in [3.05, 3.63) is 18.7 Å². The molecule has 1 saturated carbocycles. The molecule has 3 aromatic heterocycles. The summed E-state index contributed by atoms with van der Waals surface area (Å²) in [5.41, 5.74) is 8.10. The highest BCUT2D eigenvalue weighted by Crippen LogP contribution is 2.27. The number of nitrogens with two attached hydrogens (primary N) is 1. The van der Waals surface area contributed by atoms with Gasteiger partial charge >= 0.3 is 0 Å². The molecule has 3 aromatic rings. The highest BCUT2D eigenvalue weighted by molar-refractivity contribution is 5.82. The van der Waals surface area contributed by atoms with Crippen molar-refractivity contribution >= 4 is 17.0 Å². The number of hydrogen-bond acceptors (Lipinski definition) is 5. The summed E-state index contributed by atoms with van der Waals surface area (Å²) in [4.78, 5) is 15.9. The second-order valence-corrected chi connectivity index (χ2v) is 6.67. The third-order valence-corrected chi connectivity index (χ3v) is 4.93. The number of nitrogen functional groups attached to an aromatic ring is 1. The topological polar surface area (TPSA) is 98.3 Å². The summed E-state index contributed by atoms with van der Waals surface area (Å²) in [6.45, 7) is 0.941. The molecule has 4 rings (SSSR count). The number of H-pyrrole nitrogens is 1. The van der Waals surface area contributed by atoms with Crippen LogP contribution in [0.15, 0.2) is 18.7 Å². The maximum absolute atomic E-state index is 5.96. The molecule has 0 aromatic carbocycles. The van der Waals surface area contributed by atoms with E-state index < -0.39 is 0 Å². The van der Waals surface area contributed by atoms with Crippen molar-refractivity contribution < 1.29 is 0 Å². The molecule has 0 atom stereocenters. The summed E-state index contributed by atoms with van der Waals surface area (Å²) in [5.74, 6) is 1.90. The van der Waals surface area contributed by atoms with Gasteiger partial charge in [-0.1, -0.05) is 32.1 Å². The van der Waals surface area contributed by atoms with E-state index in [9.17, 15) is 0 Å². The maximum Gasteiger partial charge on any atom is 0.183 e. The molecule has 3 heterocycles. The summed E-state index contributed by atoms with van der Waals surface area (Å²) in [6.07, 6.45) is 14.9. The lowest BCUT2D eigenvalue weighted by Gasteiger charge is -2.21. The number of rotatable bonds is 5. The first kappa shape index (κ1) is 15.1. The van der Waals surface area contributed by atoms with E-state index in [-0.39, 0.29) is 0 Å². The average Bonchev–Trinajstić information content (AvgIpc) is 3.25. The van der Waals surface area contributed by atoms with Gasteiger partial charge < -0.3 is 10.7 Å². The van der Waals surface area contributed by atoms with Crippen LogP contribution in [0.5, 0.6) is 0 Å². The normalized spacial score (nSPS) is 16.0. The van der Waals surface area contributed by atoms with Crippen LogP contribution in [0.4, 0.5) is 5.82 Å². The van der Waals surface area contributed by atoms with Gasteiger partial charge in [-0.3, -0.25) is 4.68 Å². The number of aryl methyl sites for hydroxylation is 1. The fraction of sp³-hybridized carbons (Fsp3) is 0.529. The summed E-state index contributed by atoms with van der Waals surface area (Å²) in [7, 11) is 0. The predicted molar refractivity (Wildman–Crippen MR) is 93.1 cm³/mol. The van der Waals surface area contributed by atoms with Gasteiger partial charge in [-0.15, -0.1) is 0 Å². The highest BCUT2D eigenvalue weighted by atomic mass is 15.3. The monoisotopic (exact) mass is 325 g/mol. The molecule has 7 heteroatoms. The lowest BCUT2D eigenvalue weighted by atomic mass is 9.86. The van der Waals surface area contributed by atoms with E-state index in [4.69, 9.17) is 5.73 Å². The Hall–Kier alpha value is -2.44. The van der Waals surface area contributed by atoms with Crippen molar-refractivity contribution in [1.29, 1.82) is 0 Å². The molecule has 1 aliphatic carbocycles. The Morgan fingerprint density at radius 2 is 2.08 bits per heavy atom. The van der Waals surface area contributed by atoms with E-state index in [1.54, 1.807) is 12.5 Å². The van der Waals surface area contributed by atoms with Crippen LogP contribution in [-0.4, -0.2) is 29.7 Å². The van der Waals surface area contributed by atoms with Crippen LogP contribution in [-0.2, 0) is 6.54 Å². The van der Waals surface area contributed by atoms with Crippen molar-refractivity contribution in [3.8, 4) is 11.4 Å². The summed E-state index contributed by atoms with van der Waals surface area (Å²) >= 11 is 0. The Morgan fingerprint density at radius 1 is 1.21 bits per heavy atom. The van der Waals surface area contributed by atoms with Gasteiger partial charge in [-0.2, -0.15) is 5.10 Å². The number of hydrogen-bond donors (Lipinski definition) is 2. The maximum atomic E-state index is 5.96. The Balaban J connectivity index is 1.41. The summed E-state index contributed by atoms with van der Waals surface area (Å²) < 4.78 is 1.98. The first-order valence-electron chi connectivity index (χ1n) is 8.79. The SMILES string of the molecule is Nc1nc(-c2cnn(CCCC3CCCCC3)c2)nc2nc[nH]c12. The van der Waals surface area contributed by atoms with Gasteiger partial charge in [0.05, 0.1) is 18.1 Å². The van der Waals surface area contributed by atoms with Crippen molar-refractivity contribution in [3.63, 3.8) is 0 Å². The van der Waals surface area contributed by atoms with Crippen LogP contribution in [0.2, 0.25) is 0 Å². The molecule has 126 valence electrons. The molecular weight excluding hydrogens is 302 g/mol. The molecule has 0 bridgehead atoms. The highest BCUT2D eigenvalue weighted by Gasteiger charge is 2.14. The third kappa shape index (κ3) is 3.11. The van der Waals surface area contributed by atoms with Gasteiger partial charge in [0.1, 0.15) is 5.52 Å². The zero-order valence-corrected chi connectivity index (χ0v) is 13.8. The summed E-state index contributed by atoms with van der Waals surface area (Å²) in [6, 6.07) is 0. The largest absolute Gasteiger partial charge is 0.382 e. The standard InChI is InChI=1S/C17H23N7/c18-15-14-17(20-11-19-14)23-16(22-15)13-9-21-24(10-13)8-4-7-12-5-2-1-3-6-12/h9-12H,1-8H2,(H3,18,19,20,22,23). The molecule has 1 aliphatic rings. The molecule has 0 amide bonds. The minimum absolute atomic E-state index is 0.414. The van der Waals surface area contributed by atoms with Crippen molar-refractivity contribution in [2.45, 2.75) is 51.5 Å². The Kier molecular flexibility index (Phi) is 4.15. The van der Waals surface area contributed by atoms with E-state index in [1.165, 1.54) is 44.9 Å². The molecule has 24 heavy (non-hydrogen) atoms. The zero-order valence-electron chi connectivity index (χ0n) is 13.8. The van der Waals surface area contributed by atoms with Gasteiger partial charge in [-0.05, 0) is 18.8 Å². The van der Waals surface area contributed by atoms with Gasteiger partial charge in [-0.25, -0.2) is 15.0 Å². The number of aromatic amines is 1. The summed E-state index contributed by atoms with van der Waals surface area (Å²) in [5, 5.41) is 4.44. The second kappa shape index (κ2) is 6.59. The number of anilines is 1. The molecule has 7 nitrogen and oxygen atoms in total. The average molecular weight is 325 g/mol. The van der Waals surface area contributed by atoms with E-state index in [1.807, 2.05) is 10.9 Å². The molecule has 0 spiro atoms. The Labute approximate surface area is 140 Å². The number of fused-ring (bicyclic) bond motifs is 1. The molecule has 0 saturated heterocycles. The molecule has 0 aliphatic heterocycles.